The molecule has 124 valence electrons. The zero-order valence-corrected chi connectivity index (χ0v) is 14.8. The Labute approximate surface area is 150 Å². The number of aromatic nitrogens is 2. The summed E-state index contributed by atoms with van der Waals surface area (Å²) in [5, 5.41) is 1.03. The summed E-state index contributed by atoms with van der Waals surface area (Å²) in [4.78, 5) is 12.3. The highest BCUT2D eigenvalue weighted by atomic mass is 35.5. The Bertz CT molecular complexity index is 899. The average molecular weight is 361 g/mol. The summed E-state index contributed by atoms with van der Waals surface area (Å²) in [6.45, 7) is 2.88. The molecule has 24 heavy (non-hydrogen) atoms. The number of aromatic amines is 1. The van der Waals surface area contributed by atoms with E-state index >= 15 is 0 Å². The number of halogens is 2. The van der Waals surface area contributed by atoms with Gasteiger partial charge in [0, 0.05) is 17.7 Å². The van der Waals surface area contributed by atoms with E-state index in [9.17, 15) is 0 Å². The molecule has 0 radical (unpaired) electrons. The number of hydrogen-bond donors (Lipinski definition) is 2. The van der Waals surface area contributed by atoms with Crippen LogP contribution >= 0.6 is 23.2 Å². The largest absolute Gasteiger partial charge is 0.384 e. The number of nitrogens with one attached hydrogen (secondary N) is 1. The van der Waals surface area contributed by atoms with Crippen LogP contribution in [0.15, 0.2) is 41.4 Å². The molecule has 0 aliphatic carbocycles. The van der Waals surface area contributed by atoms with Gasteiger partial charge < -0.3 is 10.7 Å². The lowest BCUT2D eigenvalue weighted by molar-refractivity contribution is 0.807. The molecule has 3 rings (SSSR count). The van der Waals surface area contributed by atoms with Crippen LogP contribution in [0, 0.1) is 0 Å². The van der Waals surface area contributed by atoms with Gasteiger partial charge in [0.05, 0.1) is 21.1 Å². The third-order valence-electron chi connectivity index (χ3n) is 3.76. The van der Waals surface area contributed by atoms with Crippen LogP contribution in [-0.4, -0.2) is 22.3 Å². The third-order valence-corrected chi connectivity index (χ3v) is 4.50. The van der Waals surface area contributed by atoms with Crippen LogP contribution < -0.4 is 5.73 Å². The summed E-state index contributed by atoms with van der Waals surface area (Å²) in [5.41, 5.74) is 9.60. The molecule has 0 saturated heterocycles. The van der Waals surface area contributed by atoms with Crippen LogP contribution in [0.3, 0.4) is 0 Å². The molecule has 0 bridgehead atoms. The summed E-state index contributed by atoms with van der Waals surface area (Å²) >= 11 is 12.0. The zero-order chi connectivity index (χ0) is 17.1. The normalized spacial score (nSPS) is 12.0. The van der Waals surface area contributed by atoms with Gasteiger partial charge in [-0.05, 0) is 42.8 Å². The second-order valence-electron chi connectivity index (χ2n) is 5.57. The maximum Gasteiger partial charge on any atom is 0.138 e. The van der Waals surface area contributed by atoms with Crippen molar-refractivity contribution in [3.05, 3.63) is 52.0 Å². The minimum absolute atomic E-state index is 0.502. The molecule has 0 amide bonds. The van der Waals surface area contributed by atoms with Crippen molar-refractivity contribution in [3.63, 3.8) is 0 Å². The van der Waals surface area contributed by atoms with Crippen LogP contribution in [0.2, 0.25) is 10.0 Å². The number of unbranched alkanes of at least 4 members (excludes halogenated alkanes) is 1. The Morgan fingerprint density at radius 1 is 1.17 bits per heavy atom. The Hall–Kier alpha value is -2.04. The van der Waals surface area contributed by atoms with Crippen molar-refractivity contribution >= 4 is 40.1 Å². The molecule has 0 saturated carbocycles. The van der Waals surface area contributed by atoms with Crippen molar-refractivity contribution in [2.75, 3.05) is 6.54 Å². The highest BCUT2D eigenvalue weighted by Gasteiger charge is 2.09. The minimum Gasteiger partial charge on any atom is -0.384 e. The van der Waals surface area contributed by atoms with Gasteiger partial charge in [-0.3, -0.25) is 4.99 Å². The maximum atomic E-state index is 6.08. The first-order valence-corrected chi connectivity index (χ1v) is 8.59. The molecular formula is C18H18Cl2N4. The molecule has 0 fully saturated rings. The number of H-pyrrole nitrogens is 1. The van der Waals surface area contributed by atoms with Crippen LogP contribution in [0.25, 0.3) is 22.4 Å². The molecule has 0 aliphatic rings. The van der Waals surface area contributed by atoms with E-state index in [2.05, 4.69) is 21.9 Å². The van der Waals surface area contributed by atoms with Gasteiger partial charge in [0.2, 0.25) is 0 Å². The number of fused-ring (bicyclic) bond motifs is 1. The molecular weight excluding hydrogens is 343 g/mol. The van der Waals surface area contributed by atoms with Gasteiger partial charge in [0.1, 0.15) is 11.7 Å². The van der Waals surface area contributed by atoms with E-state index in [-0.39, 0.29) is 0 Å². The molecule has 0 unspecified atom stereocenters. The standard InChI is InChI=1S/C18H18Cl2N4/c1-2-3-8-22-17(21)11-5-7-15-16(10-11)24-18(23-15)12-4-6-13(19)14(20)9-12/h4-7,9-10H,2-3,8H2,1H3,(H2,21,22)(H,23,24). The predicted octanol–water partition coefficient (Wildman–Crippen LogP) is 5.04. The number of benzene rings is 2. The number of amidine groups is 1. The fourth-order valence-electron chi connectivity index (χ4n) is 2.40. The first-order chi connectivity index (χ1) is 11.6. The van der Waals surface area contributed by atoms with E-state index in [0.717, 1.165) is 47.4 Å². The molecule has 0 spiro atoms. The van der Waals surface area contributed by atoms with Gasteiger partial charge in [0.25, 0.3) is 0 Å². The minimum atomic E-state index is 0.502. The lowest BCUT2D eigenvalue weighted by Gasteiger charge is -2.01. The van der Waals surface area contributed by atoms with E-state index in [4.69, 9.17) is 28.9 Å². The number of hydrogen-bond acceptors (Lipinski definition) is 2. The summed E-state index contributed by atoms with van der Waals surface area (Å²) in [7, 11) is 0. The number of imidazole rings is 1. The molecule has 6 heteroatoms. The summed E-state index contributed by atoms with van der Waals surface area (Å²) in [5.74, 6) is 1.29. The monoisotopic (exact) mass is 360 g/mol. The molecule has 1 aromatic heterocycles. The van der Waals surface area contributed by atoms with Gasteiger partial charge >= 0.3 is 0 Å². The Morgan fingerprint density at radius 3 is 2.75 bits per heavy atom. The van der Waals surface area contributed by atoms with Gasteiger partial charge in [-0.2, -0.15) is 0 Å². The number of rotatable bonds is 5. The maximum absolute atomic E-state index is 6.08. The Balaban J connectivity index is 1.94. The fraction of sp³-hybridized carbons (Fsp3) is 0.222. The van der Waals surface area contributed by atoms with Gasteiger partial charge in [-0.15, -0.1) is 0 Å². The molecule has 3 N–H and O–H groups in total. The molecule has 0 atom stereocenters. The van der Waals surface area contributed by atoms with Gasteiger partial charge in [-0.25, -0.2) is 4.98 Å². The smallest absolute Gasteiger partial charge is 0.138 e. The topological polar surface area (TPSA) is 67.1 Å². The lowest BCUT2D eigenvalue weighted by Crippen LogP contribution is -2.13. The average Bonchev–Trinajstić information content (AvgIpc) is 3.00. The van der Waals surface area contributed by atoms with Crippen molar-refractivity contribution in [1.82, 2.24) is 9.97 Å². The van der Waals surface area contributed by atoms with Crippen molar-refractivity contribution < 1.29 is 0 Å². The van der Waals surface area contributed by atoms with E-state index in [1.807, 2.05) is 24.3 Å². The second-order valence-corrected chi connectivity index (χ2v) is 6.38. The molecule has 3 aromatic rings. The Kier molecular flexibility index (Phi) is 5.07. The fourth-order valence-corrected chi connectivity index (χ4v) is 2.70. The highest BCUT2D eigenvalue weighted by molar-refractivity contribution is 6.42. The van der Waals surface area contributed by atoms with Crippen LogP contribution in [-0.2, 0) is 0 Å². The second kappa shape index (κ2) is 7.24. The number of aliphatic imine (C=N–C) groups is 1. The Morgan fingerprint density at radius 2 is 2.00 bits per heavy atom. The molecule has 4 nitrogen and oxygen atoms in total. The van der Waals surface area contributed by atoms with Crippen molar-refractivity contribution in [1.29, 1.82) is 0 Å². The summed E-state index contributed by atoms with van der Waals surface area (Å²) in [6, 6.07) is 11.3. The first-order valence-electron chi connectivity index (χ1n) is 7.84. The van der Waals surface area contributed by atoms with Crippen LogP contribution in [0.5, 0.6) is 0 Å². The summed E-state index contributed by atoms with van der Waals surface area (Å²) < 4.78 is 0. The molecule has 2 aromatic carbocycles. The van der Waals surface area contributed by atoms with Crippen molar-refractivity contribution in [2.45, 2.75) is 19.8 Å². The SMILES string of the molecule is CCCCN=C(N)c1ccc2nc(-c3ccc(Cl)c(Cl)c3)[nH]c2c1. The predicted molar refractivity (Wildman–Crippen MR) is 102 cm³/mol. The lowest BCUT2D eigenvalue weighted by atomic mass is 10.2. The third kappa shape index (κ3) is 3.55. The molecule has 1 heterocycles. The highest BCUT2D eigenvalue weighted by Crippen LogP contribution is 2.28. The van der Waals surface area contributed by atoms with E-state index < -0.39 is 0 Å². The van der Waals surface area contributed by atoms with E-state index in [1.165, 1.54) is 0 Å². The van der Waals surface area contributed by atoms with Gasteiger partial charge in [-0.1, -0.05) is 36.5 Å². The van der Waals surface area contributed by atoms with Crippen molar-refractivity contribution in [3.8, 4) is 11.4 Å². The summed E-state index contributed by atoms with van der Waals surface area (Å²) in [6.07, 6.45) is 2.14. The number of nitrogens with two attached hydrogens (primary N) is 1. The van der Waals surface area contributed by atoms with Crippen molar-refractivity contribution in [2.24, 2.45) is 10.7 Å². The number of nitrogens with zero attached hydrogens (tertiary/aromatic N) is 2. The quantitative estimate of drug-likeness (QED) is 0.380. The molecule has 0 aliphatic heterocycles. The van der Waals surface area contributed by atoms with E-state index in [0.29, 0.717) is 15.9 Å². The van der Waals surface area contributed by atoms with Crippen LogP contribution in [0.4, 0.5) is 0 Å². The zero-order valence-electron chi connectivity index (χ0n) is 13.3. The van der Waals surface area contributed by atoms with E-state index in [1.54, 1.807) is 12.1 Å². The first kappa shape index (κ1) is 16.8. The van der Waals surface area contributed by atoms with Gasteiger partial charge in [0.15, 0.2) is 0 Å². The van der Waals surface area contributed by atoms with Crippen LogP contribution in [0.1, 0.15) is 25.3 Å².